The maximum Gasteiger partial charge on any atom is 0.187 e. The largest absolute Gasteiger partial charge is 0.386 e. The number of aliphatic hydroxyl groups is 1. The van der Waals surface area contributed by atoms with E-state index in [2.05, 4.69) is 4.72 Å². The van der Waals surface area contributed by atoms with Crippen molar-refractivity contribution in [3.05, 3.63) is 17.0 Å². The Morgan fingerprint density at radius 1 is 1.69 bits per heavy atom. The second-order valence-electron chi connectivity index (χ2n) is 3.03. The van der Waals surface area contributed by atoms with E-state index in [1.54, 1.807) is 13.8 Å². The monoisotopic (exact) mass is 214 g/mol. The Balaban J connectivity index is 2.71. The van der Waals surface area contributed by atoms with E-state index in [9.17, 15) is 5.11 Å². The number of rotatable bonds is 3. The molecule has 0 unspecified atom stereocenters. The summed E-state index contributed by atoms with van der Waals surface area (Å²) in [6.45, 7) is 3.47. The summed E-state index contributed by atoms with van der Waals surface area (Å²) in [5.74, 6) is 0. The number of nitrogens with one attached hydrogen (secondary N) is 1. The van der Waals surface area contributed by atoms with Gasteiger partial charge >= 0.3 is 0 Å². The molecular weight excluding hydrogens is 204 g/mol. The lowest BCUT2D eigenvalue weighted by Crippen LogP contribution is -2.13. The minimum atomic E-state index is -0.804. The first-order valence-corrected chi connectivity index (χ1v) is 5.36. The summed E-state index contributed by atoms with van der Waals surface area (Å²) in [5, 5.41) is 19.8. The van der Waals surface area contributed by atoms with Gasteiger partial charge in [-0.15, -0.1) is 11.3 Å². The van der Waals surface area contributed by atoms with Crippen LogP contribution in [0.25, 0.3) is 0 Å². The fourth-order valence-corrected chi connectivity index (χ4v) is 2.35. The maximum atomic E-state index is 9.64. The van der Waals surface area contributed by atoms with Crippen LogP contribution in [0, 0.1) is 11.5 Å². The van der Waals surface area contributed by atoms with Gasteiger partial charge < -0.3 is 5.11 Å². The predicted molar refractivity (Wildman–Crippen MR) is 54.2 cm³/mol. The Labute approximate surface area is 85.5 Å². The molecule has 13 heavy (non-hydrogen) atoms. The maximum absolute atomic E-state index is 9.64. The molecule has 0 fully saturated rings. The number of nitriles is 1. The summed E-state index contributed by atoms with van der Waals surface area (Å²) >= 11 is 2.76. The molecule has 70 valence electrons. The van der Waals surface area contributed by atoms with Crippen LogP contribution < -0.4 is 4.72 Å². The van der Waals surface area contributed by atoms with Crippen LogP contribution >= 0.6 is 23.3 Å². The van der Waals surface area contributed by atoms with Gasteiger partial charge in [0, 0.05) is 11.9 Å². The second kappa shape index (κ2) is 4.01. The second-order valence-corrected chi connectivity index (χ2v) is 5.05. The first-order chi connectivity index (χ1) is 6.04. The summed E-state index contributed by atoms with van der Waals surface area (Å²) in [4.78, 5) is 0. The predicted octanol–water partition coefficient (Wildman–Crippen LogP) is 2.05. The fraction of sp³-hybridized carbons (Fsp3) is 0.375. The molecule has 0 aromatic carbocycles. The van der Waals surface area contributed by atoms with Gasteiger partial charge in [0.2, 0.25) is 0 Å². The van der Waals surface area contributed by atoms with Crippen molar-refractivity contribution in [3.63, 3.8) is 0 Å². The SMILES string of the molecule is CC(C)(O)c1csc(SNC#N)c1. The summed E-state index contributed by atoms with van der Waals surface area (Å²) in [6.07, 6.45) is 1.82. The smallest absolute Gasteiger partial charge is 0.187 e. The Hall–Kier alpha value is -0.700. The highest BCUT2D eigenvalue weighted by atomic mass is 32.2. The molecule has 0 spiro atoms. The van der Waals surface area contributed by atoms with Crippen LogP contribution in [0.1, 0.15) is 19.4 Å². The van der Waals surface area contributed by atoms with Crippen molar-refractivity contribution in [1.29, 1.82) is 5.26 Å². The van der Waals surface area contributed by atoms with Crippen LogP contribution in [0.4, 0.5) is 0 Å². The molecule has 1 heterocycles. The standard InChI is InChI=1S/C8H10N2OS2/c1-8(2,11)6-3-7(12-4-6)13-10-5-9/h3-4,10-11H,1-2H3. The van der Waals surface area contributed by atoms with Crippen molar-refractivity contribution in [2.24, 2.45) is 0 Å². The third kappa shape index (κ3) is 2.92. The lowest BCUT2D eigenvalue weighted by Gasteiger charge is -2.14. The molecule has 3 nitrogen and oxygen atoms in total. The van der Waals surface area contributed by atoms with Crippen LogP contribution in [-0.4, -0.2) is 5.11 Å². The molecule has 1 rings (SSSR count). The Bertz CT molecular complexity index is 322. The van der Waals surface area contributed by atoms with Gasteiger partial charge in [-0.2, -0.15) is 5.26 Å². The third-order valence-corrected chi connectivity index (χ3v) is 3.25. The van der Waals surface area contributed by atoms with Gasteiger partial charge in [-0.1, -0.05) is 0 Å². The molecule has 0 amide bonds. The zero-order chi connectivity index (χ0) is 9.90. The van der Waals surface area contributed by atoms with Crippen LogP contribution in [0.15, 0.2) is 15.7 Å². The van der Waals surface area contributed by atoms with Crippen molar-refractivity contribution in [3.8, 4) is 6.19 Å². The summed E-state index contributed by atoms with van der Waals surface area (Å²) in [6, 6.07) is 1.87. The number of thiophene rings is 1. The van der Waals surface area contributed by atoms with Crippen molar-refractivity contribution in [2.45, 2.75) is 23.7 Å². The zero-order valence-corrected chi connectivity index (χ0v) is 9.00. The van der Waals surface area contributed by atoms with Crippen LogP contribution in [-0.2, 0) is 5.60 Å². The minimum Gasteiger partial charge on any atom is -0.386 e. The highest BCUT2D eigenvalue weighted by Gasteiger charge is 2.17. The molecule has 1 aromatic heterocycles. The van der Waals surface area contributed by atoms with Crippen molar-refractivity contribution in [1.82, 2.24) is 4.72 Å². The van der Waals surface area contributed by atoms with E-state index in [0.29, 0.717) is 0 Å². The van der Waals surface area contributed by atoms with E-state index in [0.717, 1.165) is 9.77 Å². The topological polar surface area (TPSA) is 56.0 Å². The number of hydrogen-bond donors (Lipinski definition) is 2. The lowest BCUT2D eigenvalue weighted by molar-refractivity contribution is 0.0789. The van der Waals surface area contributed by atoms with E-state index < -0.39 is 5.60 Å². The van der Waals surface area contributed by atoms with Gasteiger partial charge in [0.05, 0.1) is 9.81 Å². The Kier molecular flexibility index (Phi) is 3.20. The average Bonchev–Trinajstić information content (AvgIpc) is 2.47. The molecule has 1 aromatic rings. The molecule has 0 radical (unpaired) electrons. The number of hydrogen-bond acceptors (Lipinski definition) is 5. The summed E-state index contributed by atoms with van der Waals surface area (Å²) < 4.78 is 3.45. The van der Waals surface area contributed by atoms with E-state index >= 15 is 0 Å². The molecule has 0 aliphatic carbocycles. The molecule has 2 N–H and O–H groups in total. The Morgan fingerprint density at radius 3 is 2.85 bits per heavy atom. The normalized spacial score (nSPS) is 10.9. The van der Waals surface area contributed by atoms with Crippen LogP contribution in [0.5, 0.6) is 0 Å². The molecule has 0 saturated carbocycles. The molecule has 0 saturated heterocycles. The molecule has 0 bridgehead atoms. The van der Waals surface area contributed by atoms with Gasteiger partial charge in [0.15, 0.2) is 6.19 Å². The molecule has 0 atom stereocenters. The highest BCUT2D eigenvalue weighted by Crippen LogP contribution is 2.30. The van der Waals surface area contributed by atoms with Gasteiger partial charge in [0.25, 0.3) is 0 Å². The number of nitrogens with zero attached hydrogens (tertiary/aromatic N) is 1. The van der Waals surface area contributed by atoms with Gasteiger partial charge in [-0.3, -0.25) is 4.72 Å². The quantitative estimate of drug-likeness (QED) is 0.459. The first-order valence-electron chi connectivity index (χ1n) is 3.66. The summed E-state index contributed by atoms with van der Waals surface area (Å²) in [7, 11) is 0. The van der Waals surface area contributed by atoms with Crippen molar-refractivity contribution < 1.29 is 5.11 Å². The van der Waals surface area contributed by atoms with E-state index in [1.807, 2.05) is 17.6 Å². The van der Waals surface area contributed by atoms with Crippen molar-refractivity contribution >= 4 is 23.3 Å². The Morgan fingerprint density at radius 2 is 2.38 bits per heavy atom. The molecular formula is C8H10N2OS2. The molecule has 0 aliphatic heterocycles. The van der Waals surface area contributed by atoms with Gasteiger partial charge in [-0.05, 0) is 30.9 Å². The average molecular weight is 214 g/mol. The van der Waals surface area contributed by atoms with Crippen LogP contribution in [0.3, 0.4) is 0 Å². The van der Waals surface area contributed by atoms with Crippen LogP contribution in [0.2, 0.25) is 0 Å². The van der Waals surface area contributed by atoms with E-state index in [1.165, 1.54) is 23.3 Å². The minimum absolute atomic E-state index is 0.804. The van der Waals surface area contributed by atoms with E-state index in [4.69, 9.17) is 5.26 Å². The fourth-order valence-electron chi connectivity index (χ4n) is 0.764. The van der Waals surface area contributed by atoms with E-state index in [-0.39, 0.29) is 0 Å². The third-order valence-electron chi connectivity index (χ3n) is 1.48. The van der Waals surface area contributed by atoms with Gasteiger partial charge in [-0.25, -0.2) is 0 Å². The first kappa shape index (κ1) is 10.4. The van der Waals surface area contributed by atoms with Crippen molar-refractivity contribution in [2.75, 3.05) is 0 Å². The summed E-state index contributed by atoms with van der Waals surface area (Å²) in [5.41, 5.74) is 0.0711. The molecule has 0 aliphatic rings. The zero-order valence-electron chi connectivity index (χ0n) is 7.37. The van der Waals surface area contributed by atoms with Gasteiger partial charge in [0.1, 0.15) is 0 Å². The lowest BCUT2D eigenvalue weighted by atomic mass is 10.0. The molecule has 5 heteroatoms. The highest BCUT2D eigenvalue weighted by molar-refractivity contribution is 7.99.